The lowest BCUT2D eigenvalue weighted by Crippen LogP contribution is -2.30. The van der Waals surface area contributed by atoms with Crippen LogP contribution in [0.15, 0.2) is 115 Å². The Labute approximate surface area is 320 Å². The number of hydrogen-bond acceptors (Lipinski definition) is 11. The van der Waals surface area contributed by atoms with Crippen molar-refractivity contribution in [2.24, 2.45) is 0 Å². The van der Waals surface area contributed by atoms with E-state index in [0.29, 0.717) is 37.4 Å². The average molecular weight is 743 g/mol. The largest absolute Gasteiger partial charge is 0.507 e. The van der Waals surface area contributed by atoms with E-state index >= 15 is 0 Å². The van der Waals surface area contributed by atoms with Crippen LogP contribution in [0, 0.1) is 0 Å². The van der Waals surface area contributed by atoms with Gasteiger partial charge in [-0.25, -0.2) is 0 Å². The van der Waals surface area contributed by atoms with Gasteiger partial charge in [-0.1, -0.05) is 103 Å². The molecule has 0 spiro atoms. The van der Waals surface area contributed by atoms with E-state index in [1.54, 1.807) is 18.2 Å². The minimum absolute atomic E-state index is 0.0181. The molecule has 284 valence electrons. The molecule has 0 heterocycles. The maximum atomic E-state index is 14.5. The van der Waals surface area contributed by atoms with Gasteiger partial charge in [0.25, 0.3) is 0 Å². The Balaban J connectivity index is 1.40. The first kappa shape index (κ1) is 38.9. The second-order valence-electron chi connectivity index (χ2n) is 13.3. The van der Waals surface area contributed by atoms with Crippen LogP contribution in [-0.2, 0) is 5.41 Å². The highest BCUT2D eigenvalue weighted by Gasteiger charge is 2.39. The van der Waals surface area contributed by atoms with Crippen molar-refractivity contribution in [1.29, 1.82) is 0 Å². The summed E-state index contributed by atoms with van der Waals surface area (Å²) in [7, 11) is 0. The first-order valence-corrected chi connectivity index (χ1v) is 18.3. The van der Waals surface area contributed by atoms with Gasteiger partial charge in [0, 0.05) is 61.6 Å². The maximum Gasteiger partial charge on any atom is 0.200 e. The predicted octanol–water partition coefficient (Wildman–Crippen LogP) is 5.40. The number of nitrogens with one attached hydrogen (secondary N) is 3. The Bertz CT molecular complexity index is 2030. The van der Waals surface area contributed by atoms with Crippen molar-refractivity contribution in [2.75, 3.05) is 63.1 Å². The van der Waals surface area contributed by atoms with Gasteiger partial charge < -0.3 is 41.6 Å². The molecule has 55 heavy (non-hydrogen) atoms. The normalized spacial score (nSPS) is 12.6. The number of aliphatic hydroxyl groups excluding tert-OH is 2. The summed E-state index contributed by atoms with van der Waals surface area (Å²) >= 11 is 0. The van der Waals surface area contributed by atoms with E-state index in [1.807, 2.05) is 60.7 Å². The number of hydroxylamine groups is 2. The third-order valence-corrected chi connectivity index (χ3v) is 9.89. The topological polar surface area (TPSA) is 175 Å². The van der Waals surface area contributed by atoms with E-state index in [1.165, 1.54) is 6.07 Å². The molecular formula is C44H46N4O7. The Morgan fingerprint density at radius 1 is 0.600 bits per heavy atom. The van der Waals surface area contributed by atoms with E-state index < -0.39 is 28.5 Å². The molecule has 0 atom stereocenters. The van der Waals surface area contributed by atoms with Gasteiger partial charge >= 0.3 is 0 Å². The van der Waals surface area contributed by atoms with Crippen LogP contribution < -0.4 is 16.0 Å². The highest BCUT2D eigenvalue weighted by molar-refractivity contribution is 6.33. The summed E-state index contributed by atoms with van der Waals surface area (Å²) < 4.78 is 0. The maximum absolute atomic E-state index is 14.5. The van der Waals surface area contributed by atoms with Crippen LogP contribution in [0.4, 0.5) is 11.4 Å². The fourth-order valence-electron chi connectivity index (χ4n) is 7.30. The number of phenols is 2. The summed E-state index contributed by atoms with van der Waals surface area (Å²) in [5.74, 6) is -2.16. The zero-order valence-electron chi connectivity index (χ0n) is 30.4. The summed E-state index contributed by atoms with van der Waals surface area (Å²) in [4.78, 5) is 28.8. The number of allylic oxidation sites excluding steroid dienone is 1. The van der Waals surface area contributed by atoms with Crippen molar-refractivity contribution >= 4 is 29.0 Å². The Morgan fingerprint density at radius 2 is 1.13 bits per heavy atom. The first-order chi connectivity index (χ1) is 26.8. The zero-order valence-corrected chi connectivity index (χ0v) is 30.4. The highest BCUT2D eigenvalue weighted by atomic mass is 16.5. The van der Waals surface area contributed by atoms with Crippen molar-refractivity contribution in [3.8, 4) is 11.5 Å². The fourth-order valence-corrected chi connectivity index (χ4v) is 7.30. The molecule has 5 aromatic carbocycles. The molecule has 0 saturated heterocycles. The minimum atomic E-state index is -0.652. The lowest BCUT2D eigenvalue weighted by atomic mass is 9.67. The summed E-state index contributed by atoms with van der Waals surface area (Å²) in [6, 6.07) is 35.0. The predicted molar refractivity (Wildman–Crippen MR) is 213 cm³/mol. The van der Waals surface area contributed by atoms with Crippen LogP contribution in [-0.4, -0.2) is 94.7 Å². The fraction of sp³-hybridized carbons (Fsp3) is 0.227. The first-order valence-electron chi connectivity index (χ1n) is 18.3. The standard InChI is InChI=1S/C44H46N4O7/c49-27-24-45-21-22-46-34-18-19-35(47-23-25-48(55)26-28-50)38-37(34)42(53)39-36(51)29-30(41(52)40(39)43(38)54)11-10-20-44(31-12-4-1-5-13-31,32-14-6-2-7-15-32)33-16-8-3-9-17-33/h1-19,29,45-47,49-52,55H,20-28H2/b11-10+. The van der Waals surface area contributed by atoms with Gasteiger partial charge in [-0.05, 0) is 41.3 Å². The lowest BCUT2D eigenvalue weighted by molar-refractivity contribution is -0.0947. The number of carbonyl (C=O) groups is 2. The summed E-state index contributed by atoms with van der Waals surface area (Å²) in [6.07, 6.45) is 4.02. The van der Waals surface area contributed by atoms with Crippen LogP contribution in [0.1, 0.15) is 60.5 Å². The smallest absolute Gasteiger partial charge is 0.200 e. The van der Waals surface area contributed by atoms with E-state index in [9.17, 15) is 25.0 Å². The molecule has 0 aromatic heterocycles. The molecule has 5 aromatic rings. The number of aromatic hydroxyl groups is 2. The molecule has 0 fully saturated rings. The molecule has 6 rings (SSSR count). The van der Waals surface area contributed by atoms with Crippen LogP contribution in [0.2, 0.25) is 0 Å². The second kappa shape index (κ2) is 18.0. The number of hydrogen-bond donors (Lipinski definition) is 8. The summed E-state index contributed by atoms with van der Waals surface area (Å²) in [5, 5.41) is 61.8. The number of rotatable bonds is 18. The molecule has 1 aliphatic rings. The van der Waals surface area contributed by atoms with E-state index in [4.69, 9.17) is 10.2 Å². The number of nitrogens with zero attached hydrogens (tertiary/aromatic N) is 1. The second-order valence-corrected chi connectivity index (χ2v) is 13.3. The number of phenolic OH excluding ortho intramolecular Hbond substituents is 2. The van der Waals surface area contributed by atoms with Gasteiger partial charge in [0.1, 0.15) is 11.5 Å². The summed E-state index contributed by atoms with van der Waals surface area (Å²) in [5.41, 5.74) is 2.84. The number of ketones is 2. The van der Waals surface area contributed by atoms with Crippen molar-refractivity contribution in [1.82, 2.24) is 10.4 Å². The van der Waals surface area contributed by atoms with Crippen LogP contribution in [0.25, 0.3) is 6.08 Å². The Morgan fingerprint density at radius 3 is 1.65 bits per heavy atom. The van der Waals surface area contributed by atoms with Gasteiger partial charge in [-0.15, -0.1) is 0 Å². The molecule has 0 saturated carbocycles. The molecule has 1 aliphatic carbocycles. The molecule has 11 nitrogen and oxygen atoms in total. The molecule has 0 unspecified atom stereocenters. The number of anilines is 2. The van der Waals surface area contributed by atoms with Crippen molar-refractivity contribution in [2.45, 2.75) is 11.8 Å². The minimum Gasteiger partial charge on any atom is -0.507 e. The molecule has 11 heteroatoms. The lowest BCUT2D eigenvalue weighted by Gasteiger charge is -2.35. The highest BCUT2D eigenvalue weighted by Crippen LogP contribution is 2.46. The Hall–Kier alpha value is -5.82. The van der Waals surface area contributed by atoms with Gasteiger partial charge in [0.15, 0.2) is 0 Å². The van der Waals surface area contributed by atoms with Gasteiger partial charge in [-0.2, -0.15) is 5.06 Å². The third-order valence-electron chi connectivity index (χ3n) is 9.89. The zero-order chi connectivity index (χ0) is 38.8. The van der Waals surface area contributed by atoms with Crippen LogP contribution >= 0.6 is 0 Å². The Kier molecular flexibility index (Phi) is 12.7. The van der Waals surface area contributed by atoms with Crippen molar-refractivity contribution in [3.05, 3.63) is 160 Å². The molecule has 0 aliphatic heterocycles. The van der Waals surface area contributed by atoms with E-state index in [-0.39, 0.29) is 60.7 Å². The molecular weight excluding hydrogens is 697 g/mol. The van der Waals surface area contributed by atoms with Crippen LogP contribution in [0.5, 0.6) is 11.5 Å². The molecule has 0 amide bonds. The third kappa shape index (κ3) is 8.16. The van der Waals surface area contributed by atoms with Gasteiger partial charge in [-0.3, -0.25) is 9.59 Å². The van der Waals surface area contributed by atoms with Gasteiger partial charge in [0.2, 0.25) is 11.6 Å². The number of fused-ring (bicyclic) bond motifs is 2. The van der Waals surface area contributed by atoms with Gasteiger partial charge in [0.05, 0.1) is 35.5 Å². The number of aliphatic hydroxyl groups is 2. The van der Waals surface area contributed by atoms with Crippen LogP contribution in [0.3, 0.4) is 0 Å². The van der Waals surface area contributed by atoms with Crippen molar-refractivity contribution < 1.29 is 35.2 Å². The number of benzene rings is 5. The summed E-state index contributed by atoms with van der Waals surface area (Å²) in [6.45, 7) is 1.26. The quantitative estimate of drug-likeness (QED) is 0.0245. The molecule has 8 N–H and O–H groups in total. The molecule has 0 bridgehead atoms. The van der Waals surface area contributed by atoms with Crippen molar-refractivity contribution in [3.63, 3.8) is 0 Å². The monoisotopic (exact) mass is 742 g/mol. The van der Waals surface area contributed by atoms with E-state index in [0.717, 1.165) is 21.8 Å². The SMILES string of the molecule is O=C1c2c(O)cc(/C=C/CC(c3ccccc3)(c3ccccc3)c3ccccc3)c(O)c2C(=O)c2c(NCCN(O)CCO)ccc(NCCNCCO)c21. The average Bonchev–Trinajstić information content (AvgIpc) is 3.21. The van der Waals surface area contributed by atoms with E-state index in [2.05, 4.69) is 52.3 Å². The number of carbonyl (C=O) groups excluding carboxylic acids is 2. The molecule has 0 radical (unpaired) electrons.